The molecule has 1 aromatic carbocycles. The molecule has 1 heterocycles. The Morgan fingerprint density at radius 3 is 2.52 bits per heavy atom. The first-order valence-corrected chi connectivity index (χ1v) is 7.98. The van der Waals surface area contributed by atoms with Crippen molar-refractivity contribution in [2.45, 2.75) is 39.5 Å². The summed E-state index contributed by atoms with van der Waals surface area (Å²) >= 11 is 9.53. The molecule has 1 aromatic heterocycles. The van der Waals surface area contributed by atoms with Gasteiger partial charge in [0.25, 0.3) is 0 Å². The molecule has 5 heteroatoms. The van der Waals surface area contributed by atoms with Gasteiger partial charge in [0.05, 0.1) is 0 Å². The first-order chi connectivity index (χ1) is 9.79. The SMILES string of the molecule is CCc1cc(Oc2cc(Br)nc(C(C)(C)C)n2)ccc1Cl. The predicted molar refractivity (Wildman–Crippen MR) is 89.3 cm³/mol. The van der Waals surface area contributed by atoms with E-state index in [1.807, 2.05) is 18.2 Å². The summed E-state index contributed by atoms with van der Waals surface area (Å²) in [6, 6.07) is 7.38. The lowest BCUT2D eigenvalue weighted by atomic mass is 9.96. The largest absolute Gasteiger partial charge is 0.439 e. The molecule has 0 atom stereocenters. The predicted octanol–water partition coefficient (Wildman–Crippen LogP) is 5.54. The minimum Gasteiger partial charge on any atom is -0.439 e. The molecule has 0 unspecified atom stereocenters. The first-order valence-electron chi connectivity index (χ1n) is 6.81. The van der Waals surface area contributed by atoms with Gasteiger partial charge in [0, 0.05) is 16.5 Å². The Labute approximate surface area is 138 Å². The van der Waals surface area contributed by atoms with Gasteiger partial charge >= 0.3 is 0 Å². The lowest BCUT2D eigenvalue weighted by Crippen LogP contribution is -2.16. The molecule has 0 spiro atoms. The van der Waals surface area contributed by atoms with Crippen LogP contribution in [-0.2, 0) is 11.8 Å². The quantitative estimate of drug-likeness (QED) is 0.666. The van der Waals surface area contributed by atoms with Crippen LogP contribution >= 0.6 is 27.5 Å². The number of benzene rings is 1. The number of halogens is 2. The Kier molecular flexibility index (Phi) is 4.89. The molecule has 0 saturated heterocycles. The van der Waals surface area contributed by atoms with Crippen molar-refractivity contribution in [1.29, 1.82) is 0 Å². The van der Waals surface area contributed by atoms with Gasteiger partial charge < -0.3 is 4.74 Å². The molecule has 0 N–H and O–H groups in total. The Morgan fingerprint density at radius 2 is 1.90 bits per heavy atom. The second kappa shape index (κ2) is 6.32. The van der Waals surface area contributed by atoms with Crippen molar-refractivity contribution in [3.05, 3.63) is 45.3 Å². The second-order valence-electron chi connectivity index (χ2n) is 5.81. The molecule has 0 amide bonds. The summed E-state index contributed by atoms with van der Waals surface area (Å²) in [4.78, 5) is 8.88. The fraction of sp³-hybridized carbons (Fsp3) is 0.375. The van der Waals surface area contributed by atoms with E-state index >= 15 is 0 Å². The average Bonchev–Trinajstić information content (AvgIpc) is 2.39. The fourth-order valence-corrected chi connectivity index (χ4v) is 2.41. The van der Waals surface area contributed by atoms with Crippen LogP contribution in [0.25, 0.3) is 0 Å². The van der Waals surface area contributed by atoms with E-state index in [-0.39, 0.29) is 5.41 Å². The maximum Gasteiger partial charge on any atom is 0.223 e. The maximum atomic E-state index is 6.12. The van der Waals surface area contributed by atoms with Crippen LogP contribution in [-0.4, -0.2) is 9.97 Å². The van der Waals surface area contributed by atoms with Crippen molar-refractivity contribution >= 4 is 27.5 Å². The number of hydrogen-bond acceptors (Lipinski definition) is 3. The third-order valence-electron chi connectivity index (χ3n) is 2.96. The minimum atomic E-state index is -0.142. The minimum absolute atomic E-state index is 0.142. The number of rotatable bonds is 3. The van der Waals surface area contributed by atoms with Gasteiger partial charge in [-0.3, -0.25) is 0 Å². The molecular formula is C16H18BrClN2O. The van der Waals surface area contributed by atoms with Crippen molar-refractivity contribution in [2.75, 3.05) is 0 Å². The Hall–Kier alpha value is -1.13. The summed E-state index contributed by atoms with van der Waals surface area (Å²) in [5, 5.41) is 0.754. The van der Waals surface area contributed by atoms with E-state index in [4.69, 9.17) is 16.3 Å². The van der Waals surface area contributed by atoms with Crippen LogP contribution in [0.5, 0.6) is 11.6 Å². The molecule has 2 aromatic rings. The number of hydrogen-bond donors (Lipinski definition) is 0. The molecule has 0 aliphatic rings. The molecule has 0 aliphatic heterocycles. The van der Waals surface area contributed by atoms with Crippen LogP contribution in [0.15, 0.2) is 28.9 Å². The third kappa shape index (κ3) is 4.17. The Bertz CT molecular complexity index is 653. The van der Waals surface area contributed by atoms with Gasteiger partial charge in [0.1, 0.15) is 16.2 Å². The van der Waals surface area contributed by atoms with Crippen LogP contribution < -0.4 is 4.74 Å². The van der Waals surface area contributed by atoms with E-state index in [0.29, 0.717) is 10.5 Å². The van der Waals surface area contributed by atoms with Gasteiger partial charge in [-0.2, -0.15) is 4.98 Å². The molecule has 0 aliphatic carbocycles. The third-order valence-corrected chi connectivity index (χ3v) is 3.74. The molecule has 0 fully saturated rings. The zero-order valence-electron chi connectivity index (χ0n) is 12.6. The molecule has 2 rings (SSSR count). The number of aryl methyl sites for hydroxylation is 1. The molecule has 0 bridgehead atoms. The molecular weight excluding hydrogens is 352 g/mol. The highest BCUT2D eigenvalue weighted by atomic mass is 79.9. The smallest absolute Gasteiger partial charge is 0.223 e. The zero-order valence-corrected chi connectivity index (χ0v) is 14.9. The maximum absolute atomic E-state index is 6.12. The molecule has 0 saturated carbocycles. The fourth-order valence-electron chi connectivity index (χ4n) is 1.79. The summed E-state index contributed by atoms with van der Waals surface area (Å²) in [5.74, 6) is 1.98. The first kappa shape index (κ1) is 16.2. The van der Waals surface area contributed by atoms with Crippen LogP contribution in [0.4, 0.5) is 0 Å². The Morgan fingerprint density at radius 1 is 1.19 bits per heavy atom. The van der Waals surface area contributed by atoms with E-state index in [1.165, 1.54) is 0 Å². The molecule has 112 valence electrons. The average molecular weight is 370 g/mol. The van der Waals surface area contributed by atoms with Crippen molar-refractivity contribution in [3.63, 3.8) is 0 Å². The van der Waals surface area contributed by atoms with Gasteiger partial charge in [0.15, 0.2) is 0 Å². The zero-order chi connectivity index (χ0) is 15.6. The topological polar surface area (TPSA) is 35.0 Å². The lowest BCUT2D eigenvalue weighted by molar-refractivity contribution is 0.444. The van der Waals surface area contributed by atoms with Crippen molar-refractivity contribution in [1.82, 2.24) is 9.97 Å². The van der Waals surface area contributed by atoms with Crippen molar-refractivity contribution in [2.24, 2.45) is 0 Å². The highest BCUT2D eigenvalue weighted by Gasteiger charge is 2.19. The van der Waals surface area contributed by atoms with Gasteiger partial charge in [-0.1, -0.05) is 39.3 Å². The van der Waals surface area contributed by atoms with E-state index < -0.39 is 0 Å². The summed E-state index contributed by atoms with van der Waals surface area (Å²) in [6.07, 6.45) is 0.858. The molecule has 3 nitrogen and oxygen atoms in total. The molecule has 21 heavy (non-hydrogen) atoms. The van der Waals surface area contributed by atoms with E-state index in [0.717, 1.165) is 28.6 Å². The summed E-state index contributed by atoms with van der Waals surface area (Å²) in [7, 11) is 0. The van der Waals surface area contributed by atoms with Gasteiger partial charge in [-0.15, -0.1) is 0 Å². The van der Waals surface area contributed by atoms with Gasteiger partial charge in [-0.05, 0) is 46.1 Å². The van der Waals surface area contributed by atoms with Gasteiger partial charge in [0.2, 0.25) is 5.88 Å². The summed E-state index contributed by atoms with van der Waals surface area (Å²) < 4.78 is 6.56. The number of nitrogens with zero attached hydrogens (tertiary/aromatic N) is 2. The van der Waals surface area contributed by atoms with Crippen LogP contribution in [0.2, 0.25) is 5.02 Å². The molecule has 0 radical (unpaired) electrons. The summed E-state index contributed by atoms with van der Waals surface area (Å²) in [6.45, 7) is 8.26. The van der Waals surface area contributed by atoms with Crippen LogP contribution in [0.3, 0.4) is 0 Å². The monoisotopic (exact) mass is 368 g/mol. The number of aromatic nitrogens is 2. The second-order valence-corrected chi connectivity index (χ2v) is 7.03. The highest BCUT2D eigenvalue weighted by Crippen LogP contribution is 2.29. The lowest BCUT2D eigenvalue weighted by Gasteiger charge is -2.17. The van der Waals surface area contributed by atoms with Gasteiger partial charge in [-0.25, -0.2) is 4.98 Å². The highest BCUT2D eigenvalue weighted by molar-refractivity contribution is 9.10. The summed E-state index contributed by atoms with van der Waals surface area (Å²) in [5.41, 5.74) is 0.912. The van der Waals surface area contributed by atoms with E-state index in [9.17, 15) is 0 Å². The van der Waals surface area contributed by atoms with E-state index in [2.05, 4.69) is 53.6 Å². The van der Waals surface area contributed by atoms with E-state index in [1.54, 1.807) is 6.07 Å². The number of ether oxygens (including phenoxy) is 1. The van der Waals surface area contributed by atoms with Crippen LogP contribution in [0, 0.1) is 0 Å². The van der Waals surface area contributed by atoms with Crippen molar-refractivity contribution in [3.8, 4) is 11.6 Å². The van der Waals surface area contributed by atoms with Crippen LogP contribution in [0.1, 0.15) is 39.1 Å². The Balaban J connectivity index is 2.33. The standard InChI is InChI=1S/C16H18BrClN2O/c1-5-10-8-11(6-7-12(10)18)21-14-9-13(17)19-15(20-14)16(2,3)4/h6-9H,5H2,1-4H3. The normalized spacial score (nSPS) is 11.5. The van der Waals surface area contributed by atoms with Crippen molar-refractivity contribution < 1.29 is 4.74 Å².